The molecule has 160 valence electrons. The van der Waals surface area contributed by atoms with Gasteiger partial charge in [-0.25, -0.2) is 4.98 Å². The average molecular weight is 427 g/mol. The molecule has 1 saturated heterocycles. The number of fused-ring (bicyclic) bond motifs is 1. The molecule has 1 amide bonds. The summed E-state index contributed by atoms with van der Waals surface area (Å²) in [5.41, 5.74) is 2.96. The molecular weight excluding hydrogens is 396 g/mol. The van der Waals surface area contributed by atoms with Gasteiger partial charge in [0.2, 0.25) is 5.91 Å². The second-order valence-corrected chi connectivity index (χ2v) is 10.6. The van der Waals surface area contributed by atoms with Crippen molar-refractivity contribution in [3.8, 4) is 0 Å². The molecule has 2 fully saturated rings. The highest BCUT2D eigenvalue weighted by molar-refractivity contribution is 7.12. The smallest absolute Gasteiger partial charge is 0.256 e. The van der Waals surface area contributed by atoms with Crippen molar-refractivity contribution in [3.63, 3.8) is 0 Å². The summed E-state index contributed by atoms with van der Waals surface area (Å²) in [7, 11) is 0. The van der Waals surface area contributed by atoms with Crippen molar-refractivity contribution < 1.29 is 4.79 Å². The largest absolute Gasteiger partial charge is 0.337 e. The van der Waals surface area contributed by atoms with Crippen LogP contribution < -0.4 is 5.56 Å². The van der Waals surface area contributed by atoms with Gasteiger partial charge >= 0.3 is 0 Å². The molecule has 6 nitrogen and oxygen atoms in total. The first-order valence-electron chi connectivity index (χ1n) is 11.2. The van der Waals surface area contributed by atoms with Crippen molar-refractivity contribution >= 4 is 17.2 Å². The molecule has 0 aromatic carbocycles. The number of nitrogens with one attached hydrogen (secondary N) is 1. The number of piperidine rings is 1. The number of aryl methyl sites for hydroxylation is 2. The summed E-state index contributed by atoms with van der Waals surface area (Å²) in [4.78, 5) is 40.3. The first kappa shape index (κ1) is 19.9. The number of carbonyl (C=O) groups is 1. The van der Waals surface area contributed by atoms with Crippen LogP contribution in [0.5, 0.6) is 0 Å². The maximum absolute atomic E-state index is 12.9. The Labute approximate surface area is 181 Å². The lowest BCUT2D eigenvalue weighted by atomic mass is 9.96. The molecule has 1 saturated carbocycles. The van der Waals surface area contributed by atoms with Gasteiger partial charge in [-0.3, -0.25) is 14.5 Å². The van der Waals surface area contributed by atoms with E-state index in [1.54, 1.807) is 0 Å². The third-order valence-electron chi connectivity index (χ3n) is 6.76. The van der Waals surface area contributed by atoms with Crippen LogP contribution in [0.1, 0.15) is 64.0 Å². The van der Waals surface area contributed by atoms with E-state index in [-0.39, 0.29) is 23.3 Å². The van der Waals surface area contributed by atoms with E-state index >= 15 is 0 Å². The van der Waals surface area contributed by atoms with E-state index in [9.17, 15) is 9.59 Å². The van der Waals surface area contributed by atoms with Crippen molar-refractivity contribution in [3.05, 3.63) is 48.8 Å². The van der Waals surface area contributed by atoms with Crippen LogP contribution in [0, 0.1) is 19.8 Å². The highest BCUT2D eigenvalue weighted by Gasteiger charge is 2.35. The van der Waals surface area contributed by atoms with Gasteiger partial charge in [0.15, 0.2) is 0 Å². The maximum Gasteiger partial charge on any atom is 0.256 e. The molecule has 0 unspecified atom stereocenters. The van der Waals surface area contributed by atoms with E-state index in [2.05, 4.69) is 29.8 Å². The molecule has 0 radical (unpaired) electrons. The number of aromatic nitrogens is 2. The van der Waals surface area contributed by atoms with Gasteiger partial charge in [0, 0.05) is 47.6 Å². The molecular formula is C23H30N4O2S. The Kier molecular flexibility index (Phi) is 5.27. The van der Waals surface area contributed by atoms with Crippen LogP contribution in [0.3, 0.4) is 0 Å². The minimum atomic E-state index is -0.0512. The van der Waals surface area contributed by atoms with E-state index in [0.29, 0.717) is 25.1 Å². The highest BCUT2D eigenvalue weighted by atomic mass is 32.1. The fourth-order valence-corrected chi connectivity index (χ4v) is 5.86. The molecule has 4 heterocycles. The lowest BCUT2D eigenvalue weighted by molar-refractivity contribution is -0.133. The first-order valence-corrected chi connectivity index (χ1v) is 12.0. The summed E-state index contributed by atoms with van der Waals surface area (Å²) < 4.78 is 0. The number of amides is 1. The SMILES string of the molecule is Cc1cc(CN2CCC[C@@H](c3nc4c(c(=O)[nH]3)CN(C(=O)C3CC3)CC4)C2)c(C)s1. The standard InChI is InChI=1S/C23H30N4O2S/c1-14-10-18(15(2)30-14)12-26-8-3-4-17(11-26)21-24-20-7-9-27(23(29)16-5-6-16)13-19(20)22(28)25-21/h10,16-17H,3-9,11-13H2,1-2H3,(H,24,25,28)/t17-/m1/s1. The number of aromatic amines is 1. The normalized spacial score (nSPS) is 22.2. The van der Waals surface area contributed by atoms with Crippen LogP contribution in [0.15, 0.2) is 10.9 Å². The Bertz CT molecular complexity index is 1020. The third-order valence-corrected chi connectivity index (χ3v) is 7.76. The van der Waals surface area contributed by atoms with Crippen LogP contribution in [0.25, 0.3) is 0 Å². The molecule has 5 rings (SSSR count). The molecule has 1 N–H and O–H groups in total. The minimum absolute atomic E-state index is 0.0512. The minimum Gasteiger partial charge on any atom is -0.337 e. The molecule has 7 heteroatoms. The van der Waals surface area contributed by atoms with Crippen molar-refractivity contribution in [1.29, 1.82) is 0 Å². The second kappa shape index (κ2) is 7.93. The predicted molar refractivity (Wildman–Crippen MR) is 118 cm³/mol. The summed E-state index contributed by atoms with van der Waals surface area (Å²) >= 11 is 1.87. The number of likely N-dealkylation sites (tertiary alicyclic amines) is 1. The van der Waals surface area contributed by atoms with Crippen LogP contribution in [-0.2, 0) is 24.3 Å². The zero-order valence-electron chi connectivity index (χ0n) is 17.9. The van der Waals surface area contributed by atoms with E-state index in [1.165, 1.54) is 15.3 Å². The lowest BCUT2D eigenvalue weighted by Gasteiger charge is -2.33. The Morgan fingerprint density at radius 3 is 2.83 bits per heavy atom. The number of rotatable bonds is 4. The third kappa shape index (κ3) is 3.97. The van der Waals surface area contributed by atoms with Gasteiger partial charge in [-0.1, -0.05) is 0 Å². The van der Waals surface area contributed by atoms with Gasteiger partial charge in [0.25, 0.3) is 5.56 Å². The van der Waals surface area contributed by atoms with E-state index < -0.39 is 0 Å². The van der Waals surface area contributed by atoms with Crippen LogP contribution in [0.2, 0.25) is 0 Å². The Balaban J connectivity index is 1.31. The zero-order valence-corrected chi connectivity index (χ0v) is 18.7. The fourth-order valence-electron chi connectivity index (χ4n) is 4.92. The van der Waals surface area contributed by atoms with Gasteiger partial charge < -0.3 is 9.88 Å². The van der Waals surface area contributed by atoms with E-state index in [4.69, 9.17) is 4.98 Å². The van der Waals surface area contributed by atoms with Gasteiger partial charge in [-0.2, -0.15) is 0 Å². The number of hydrogen-bond acceptors (Lipinski definition) is 5. The van der Waals surface area contributed by atoms with Crippen molar-refractivity contribution in [2.75, 3.05) is 19.6 Å². The number of carbonyl (C=O) groups excluding carboxylic acids is 1. The van der Waals surface area contributed by atoms with Crippen molar-refractivity contribution in [1.82, 2.24) is 19.8 Å². The molecule has 1 aliphatic carbocycles. The summed E-state index contributed by atoms with van der Waals surface area (Å²) in [5, 5.41) is 0. The fraction of sp³-hybridized carbons (Fsp3) is 0.609. The Morgan fingerprint density at radius 1 is 1.27 bits per heavy atom. The Hall–Kier alpha value is -1.99. The van der Waals surface area contributed by atoms with Crippen LogP contribution in [-0.4, -0.2) is 45.3 Å². The van der Waals surface area contributed by atoms with Crippen molar-refractivity contribution in [2.24, 2.45) is 5.92 Å². The molecule has 1 atom stereocenters. The van der Waals surface area contributed by atoms with Gasteiger partial charge in [0.05, 0.1) is 17.8 Å². The van der Waals surface area contributed by atoms with Crippen molar-refractivity contribution in [2.45, 2.75) is 65.0 Å². The van der Waals surface area contributed by atoms with Crippen LogP contribution >= 0.6 is 11.3 Å². The topological polar surface area (TPSA) is 69.3 Å². The summed E-state index contributed by atoms with van der Waals surface area (Å²) in [6.45, 7) is 8.48. The monoisotopic (exact) mass is 426 g/mol. The van der Waals surface area contributed by atoms with Crippen LogP contribution in [0.4, 0.5) is 0 Å². The summed E-state index contributed by atoms with van der Waals surface area (Å²) in [6, 6.07) is 2.30. The van der Waals surface area contributed by atoms with Gasteiger partial charge in [-0.15, -0.1) is 11.3 Å². The molecule has 30 heavy (non-hydrogen) atoms. The molecule has 2 aromatic rings. The number of thiophene rings is 1. The second-order valence-electron chi connectivity index (χ2n) is 9.17. The molecule has 3 aliphatic rings. The maximum atomic E-state index is 12.9. The quantitative estimate of drug-likeness (QED) is 0.816. The summed E-state index contributed by atoms with van der Waals surface area (Å²) in [6.07, 6.45) is 4.87. The van der Waals surface area contributed by atoms with Gasteiger partial charge in [0.1, 0.15) is 5.82 Å². The first-order chi connectivity index (χ1) is 14.5. The molecule has 0 spiro atoms. The lowest BCUT2D eigenvalue weighted by Crippen LogP contribution is -2.41. The Morgan fingerprint density at radius 2 is 2.10 bits per heavy atom. The molecule has 0 bridgehead atoms. The van der Waals surface area contributed by atoms with E-state index in [0.717, 1.165) is 56.8 Å². The predicted octanol–water partition coefficient (Wildman–Crippen LogP) is 3.12. The van der Waals surface area contributed by atoms with E-state index in [1.807, 2.05) is 16.2 Å². The number of hydrogen-bond donors (Lipinski definition) is 1. The average Bonchev–Trinajstić information content (AvgIpc) is 3.53. The molecule has 2 aromatic heterocycles. The molecule has 2 aliphatic heterocycles. The van der Waals surface area contributed by atoms with Gasteiger partial charge in [-0.05, 0) is 57.7 Å². The number of H-pyrrole nitrogens is 1. The zero-order chi connectivity index (χ0) is 20.8. The number of nitrogens with zero attached hydrogens (tertiary/aromatic N) is 3. The highest BCUT2D eigenvalue weighted by Crippen LogP contribution is 2.33. The summed E-state index contributed by atoms with van der Waals surface area (Å²) in [5.74, 6) is 1.51.